The number of anilines is 2. The maximum atomic E-state index is 11.8. The molecule has 3 amide bonds. The molecule has 0 saturated carbocycles. The van der Waals surface area contributed by atoms with E-state index in [1.165, 1.54) is 4.90 Å². The van der Waals surface area contributed by atoms with Crippen molar-refractivity contribution in [2.75, 3.05) is 31.3 Å². The van der Waals surface area contributed by atoms with Crippen molar-refractivity contribution in [3.63, 3.8) is 0 Å². The highest BCUT2D eigenvalue weighted by molar-refractivity contribution is 7.19. The topological polar surface area (TPSA) is 129 Å². The number of hydrogen-bond acceptors (Lipinski definition) is 7. The second-order valence-corrected chi connectivity index (χ2v) is 9.42. The minimum Gasteiger partial charge on any atom is -0.402 e. The first-order chi connectivity index (χ1) is 17.1. The second-order valence-electron chi connectivity index (χ2n) is 8.40. The Kier molecular flexibility index (Phi) is 10.6. The van der Waals surface area contributed by atoms with E-state index in [0.717, 1.165) is 33.1 Å². The molecule has 2 rings (SSSR count). The highest BCUT2D eigenvalue weighted by Gasteiger charge is 2.19. The van der Waals surface area contributed by atoms with Gasteiger partial charge in [0.25, 0.3) is 0 Å². The van der Waals surface area contributed by atoms with Crippen LogP contribution < -0.4 is 27.4 Å². The molecule has 1 aromatic carbocycles. The van der Waals surface area contributed by atoms with Crippen LogP contribution in [0.2, 0.25) is 0 Å². The van der Waals surface area contributed by atoms with E-state index in [0.29, 0.717) is 36.6 Å². The third-order valence-electron chi connectivity index (χ3n) is 5.30. The molecular formula is C26H37N7O2S. The average molecular weight is 512 g/mol. The molecule has 0 fully saturated rings. The van der Waals surface area contributed by atoms with Gasteiger partial charge in [-0.15, -0.1) is 11.3 Å². The van der Waals surface area contributed by atoms with Crippen molar-refractivity contribution in [2.24, 2.45) is 11.5 Å². The van der Waals surface area contributed by atoms with Gasteiger partial charge in [-0.2, -0.15) is 0 Å². The van der Waals surface area contributed by atoms with Crippen molar-refractivity contribution in [3.8, 4) is 10.4 Å². The van der Waals surface area contributed by atoms with E-state index in [1.54, 1.807) is 23.5 Å². The van der Waals surface area contributed by atoms with Crippen molar-refractivity contribution in [2.45, 2.75) is 33.7 Å². The fraction of sp³-hybridized carbons (Fsp3) is 0.308. The number of urea groups is 1. The monoisotopic (exact) mass is 511 g/mol. The Hall–Kier alpha value is -3.76. The lowest BCUT2D eigenvalue weighted by molar-refractivity contribution is -0.115. The largest absolute Gasteiger partial charge is 0.402 e. The molecule has 1 heterocycles. The van der Waals surface area contributed by atoms with Crippen LogP contribution in [-0.2, 0) is 11.3 Å². The maximum Gasteiger partial charge on any atom is 0.319 e. The van der Waals surface area contributed by atoms with Gasteiger partial charge in [0.2, 0.25) is 6.41 Å². The van der Waals surface area contributed by atoms with Crippen LogP contribution in [0, 0.1) is 6.92 Å². The molecule has 7 N–H and O–H groups in total. The van der Waals surface area contributed by atoms with E-state index >= 15 is 0 Å². The van der Waals surface area contributed by atoms with Gasteiger partial charge in [0.15, 0.2) is 0 Å². The number of carbonyl (C=O) groups is 2. The van der Waals surface area contributed by atoms with Gasteiger partial charge < -0.3 is 32.3 Å². The van der Waals surface area contributed by atoms with Crippen molar-refractivity contribution < 1.29 is 9.59 Å². The van der Waals surface area contributed by atoms with E-state index in [-0.39, 0.29) is 11.9 Å². The highest BCUT2D eigenvalue weighted by atomic mass is 32.1. The summed E-state index contributed by atoms with van der Waals surface area (Å²) in [6.07, 6.45) is 4.55. The number of nitrogens with two attached hydrogens (primary N) is 2. The first-order valence-electron chi connectivity index (χ1n) is 11.7. The molecule has 0 unspecified atom stereocenters. The van der Waals surface area contributed by atoms with Crippen molar-refractivity contribution in [1.29, 1.82) is 0 Å². The average Bonchev–Trinajstić information content (AvgIpc) is 3.12. The van der Waals surface area contributed by atoms with E-state index in [2.05, 4.69) is 27.4 Å². The Morgan fingerprint density at radius 3 is 2.33 bits per heavy atom. The summed E-state index contributed by atoms with van der Waals surface area (Å²) in [6.45, 7) is 11.1. The molecule has 0 aliphatic carbocycles. The van der Waals surface area contributed by atoms with Gasteiger partial charge in [0, 0.05) is 29.4 Å². The lowest BCUT2D eigenvalue weighted by atomic mass is 10.1. The predicted molar refractivity (Wildman–Crippen MR) is 150 cm³/mol. The number of amides is 3. The second kappa shape index (κ2) is 13.4. The van der Waals surface area contributed by atoms with Crippen LogP contribution in [0.5, 0.6) is 0 Å². The molecule has 0 aliphatic rings. The van der Waals surface area contributed by atoms with Crippen molar-refractivity contribution in [1.82, 2.24) is 15.1 Å². The molecule has 2 aromatic rings. The Bertz CT molecular complexity index is 1130. The third kappa shape index (κ3) is 7.62. The molecule has 194 valence electrons. The molecule has 10 heteroatoms. The van der Waals surface area contributed by atoms with E-state index in [1.807, 2.05) is 59.1 Å². The van der Waals surface area contributed by atoms with Crippen molar-refractivity contribution in [3.05, 3.63) is 71.5 Å². The Morgan fingerprint density at radius 2 is 1.78 bits per heavy atom. The Morgan fingerprint density at radius 1 is 1.11 bits per heavy atom. The number of nitrogens with zero attached hydrogens (tertiary/aromatic N) is 2. The molecule has 0 saturated heterocycles. The molecule has 0 radical (unpaired) electrons. The summed E-state index contributed by atoms with van der Waals surface area (Å²) < 4.78 is 0. The third-order valence-corrected chi connectivity index (χ3v) is 6.60. The normalized spacial score (nSPS) is 11.8. The zero-order chi connectivity index (χ0) is 26.8. The summed E-state index contributed by atoms with van der Waals surface area (Å²) >= 11 is 1.57. The summed E-state index contributed by atoms with van der Waals surface area (Å²) in [6, 6.07) is 7.47. The predicted octanol–water partition coefficient (Wildman–Crippen LogP) is 4.32. The number of nitrogens with one attached hydrogen (secondary N) is 3. The number of rotatable bonds is 12. The minimum absolute atomic E-state index is 0.206. The van der Waals surface area contributed by atoms with Gasteiger partial charge in [0.05, 0.1) is 5.00 Å². The van der Waals surface area contributed by atoms with Gasteiger partial charge >= 0.3 is 6.03 Å². The number of thiophene rings is 1. The molecular weight excluding hydrogens is 474 g/mol. The summed E-state index contributed by atoms with van der Waals surface area (Å²) in [5, 5.41) is 9.65. The van der Waals surface area contributed by atoms with Crippen LogP contribution in [0.3, 0.4) is 0 Å². The number of allylic oxidation sites excluding steroid dienone is 3. The minimum atomic E-state index is -0.239. The SMILES string of the molecule is C=C(Nc1sc(-c2ccc(NC(=O)NCC)cc2)c(CN(C)C)c1C)N(C=O)/C(N)=C/C=C(\N)CC. The van der Waals surface area contributed by atoms with Crippen LogP contribution in [0.1, 0.15) is 31.4 Å². The smallest absolute Gasteiger partial charge is 0.319 e. The molecule has 0 aliphatic heterocycles. The van der Waals surface area contributed by atoms with Crippen LogP contribution in [-0.4, -0.2) is 42.9 Å². The number of benzene rings is 1. The zero-order valence-electron chi connectivity index (χ0n) is 21.6. The highest BCUT2D eigenvalue weighted by Crippen LogP contribution is 2.41. The summed E-state index contributed by atoms with van der Waals surface area (Å²) in [5.74, 6) is 0.535. The van der Waals surface area contributed by atoms with Gasteiger partial charge in [-0.1, -0.05) is 25.6 Å². The molecule has 9 nitrogen and oxygen atoms in total. The maximum absolute atomic E-state index is 11.8. The lowest BCUT2D eigenvalue weighted by Crippen LogP contribution is -2.28. The van der Waals surface area contributed by atoms with E-state index < -0.39 is 0 Å². The summed E-state index contributed by atoms with van der Waals surface area (Å²) in [5.41, 5.74) is 16.5. The first-order valence-corrected chi connectivity index (χ1v) is 12.5. The van der Waals surface area contributed by atoms with Crippen LogP contribution in [0.4, 0.5) is 15.5 Å². The Balaban J connectivity index is 2.36. The standard InChI is InChI=1S/C26H37N7O2S/c1-7-20(27)11-14-23(28)33(16-34)18(4)30-25-17(3)22(15-32(5)6)24(36-25)19-9-12-21(13-10-19)31-26(35)29-8-2/h9-14,16,30H,4,7-8,15,27-28H2,1-3,5-6H3,(H2,29,31,35)/b20-11-,23-14+. The zero-order valence-corrected chi connectivity index (χ0v) is 22.5. The molecule has 0 spiro atoms. The number of carbonyl (C=O) groups excluding carboxylic acids is 2. The fourth-order valence-electron chi connectivity index (χ4n) is 3.31. The lowest BCUT2D eigenvalue weighted by Gasteiger charge is -2.21. The molecule has 0 atom stereocenters. The van der Waals surface area contributed by atoms with Crippen molar-refractivity contribution >= 4 is 34.5 Å². The quantitative estimate of drug-likeness (QED) is 0.213. The van der Waals surface area contributed by atoms with Gasteiger partial charge in [-0.3, -0.25) is 9.69 Å². The van der Waals surface area contributed by atoms with Gasteiger partial charge in [-0.25, -0.2) is 4.79 Å². The Labute approximate surface area is 217 Å². The molecule has 1 aromatic heterocycles. The van der Waals surface area contributed by atoms with Gasteiger partial charge in [0.1, 0.15) is 11.6 Å². The van der Waals surface area contributed by atoms with E-state index in [9.17, 15) is 9.59 Å². The van der Waals surface area contributed by atoms with E-state index in [4.69, 9.17) is 11.5 Å². The van der Waals surface area contributed by atoms with Crippen LogP contribution >= 0.6 is 11.3 Å². The summed E-state index contributed by atoms with van der Waals surface area (Å²) in [4.78, 5) is 28.0. The molecule has 0 bridgehead atoms. The molecule has 36 heavy (non-hydrogen) atoms. The first kappa shape index (κ1) is 28.5. The van der Waals surface area contributed by atoms with Crippen LogP contribution in [0.25, 0.3) is 10.4 Å². The van der Waals surface area contributed by atoms with Crippen LogP contribution in [0.15, 0.2) is 60.3 Å². The number of hydrogen-bond donors (Lipinski definition) is 5. The summed E-state index contributed by atoms with van der Waals surface area (Å²) in [7, 11) is 4.03. The van der Waals surface area contributed by atoms with Gasteiger partial charge in [-0.05, 0) is 75.3 Å². The fourth-order valence-corrected chi connectivity index (χ4v) is 4.55.